The second-order valence-corrected chi connectivity index (χ2v) is 6.66. The zero-order valence-corrected chi connectivity index (χ0v) is 14.1. The first-order chi connectivity index (χ1) is 10.1. The summed E-state index contributed by atoms with van der Waals surface area (Å²) in [5, 5.41) is 4.00. The van der Waals surface area contributed by atoms with Gasteiger partial charge in [-0.3, -0.25) is 0 Å². The molecule has 1 N–H and O–H groups in total. The van der Waals surface area contributed by atoms with Gasteiger partial charge in [0.25, 0.3) is 0 Å². The largest absolute Gasteiger partial charge is 0.336 e. The van der Waals surface area contributed by atoms with Gasteiger partial charge in [-0.2, -0.15) is 4.98 Å². The minimum atomic E-state index is -0.363. The van der Waals surface area contributed by atoms with Crippen LogP contribution in [-0.2, 0) is 6.42 Å². The SMILES string of the molecule is CCc1cc2c(Nc3c(F)cccc3Br)nc(Cl)nc2s1. The standard InChI is InChI=1S/C14H10BrClFN3S/c1-2-7-6-8-12(19-14(16)20-13(8)21-7)18-11-9(15)4-3-5-10(11)17/h3-6H,2H2,1H3,(H,18,19,20). The molecule has 108 valence electrons. The number of hydrogen-bond acceptors (Lipinski definition) is 4. The molecule has 0 radical (unpaired) electrons. The summed E-state index contributed by atoms with van der Waals surface area (Å²) in [6.07, 6.45) is 0.904. The van der Waals surface area contributed by atoms with Crippen molar-refractivity contribution in [3.8, 4) is 0 Å². The van der Waals surface area contributed by atoms with Crippen LogP contribution in [0.1, 0.15) is 11.8 Å². The van der Waals surface area contributed by atoms with E-state index in [1.807, 2.05) is 6.07 Å². The molecule has 0 amide bonds. The van der Waals surface area contributed by atoms with E-state index in [1.54, 1.807) is 23.5 Å². The van der Waals surface area contributed by atoms with Gasteiger partial charge >= 0.3 is 0 Å². The highest BCUT2D eigenvalue weighted by molar-refractivity contribution is 9.10. The van der Waals surface area contributed by atoms with Crippen molar-refractivity contribution in [1.29, 1.82) is 0 Å². The summed E-state index contributed by atoms with van der Waals surface area (Å²) in [7, 11) is 0. The van der Waals surface area contributed by atoms with Crippen LogP contribution in [0.25, 0.3) is 10.2 Å². The van der Waals surface area contributed by atoms with Gasteiger partial charge in [-0.05, 0) is 52.2 Å². The highest BCUT2D eigenvalue weighted by atomic mass is 79.9. The molecule has 0 aliphatic carbocycles. The molecule has 0 spiro atoms. The Kier molecular flexibility index (Phi) is 4.10. The molecule has 7 heteroatoms. The molecule has 3 rings (SSSR count). The van der Waals surface area contributed by atoms with Crippen molar-refractivity contribution in [1.82, 2.24) is 9.97 Å². The third-order valence-corrected chi connectivity index (χ3v) is 4.97. The molecule has 0 saturated heterocycles. The molecule has 2 heterocycles. The van der Waals surface area contributed by atoms with Crippen molar-refractivity contribution in [3.63, 3.8) is 0 Å². The number of hydrogen-bond donors (Lipinski definition) is 1. The predicted octanol–water partition coefficient (Wildman–Crippen LogP) is 5.55. The number of nitrogens with zero attached hydrogens (tertiary/aromatic N) is 2. The van der Waals surface area contributed by atoms with E-state index in [0.717, 1.165) is 16.6 Å². The van der Waals surface area contributed by atoms with Crippen LogP contribution in [-0.4, -0.2) is 9.97 Å². The summed E-state index contributed by atoms with van der Waals surface area (Å²) in [5.41, 5.74) is 0.331. The lowest BCUT2D eigenvalue weighted by Crippen LogP contribution is -1.99. The van der Waals surface area contributed by atoms with Crippen molar-refractivity contribution in [2.75, 3.05) is 5.32 Å². The van der Waals surface area contributed by atoms with Crippen LogP contribution in [0.4, 0.5) is 15.9 Å². The topological polar surface area (TPSA) is 37.8 Å². The molecule has 3 nitrogen and oxygen atoms in total. The normalized spacial score (nSPS) is 11.0. The summed E-state index contributed by atoms with van der Waals surface area (Å²) in [4.78, 5) is 10.4. The maximum atomic E-state index is 13.9. The summed E-state index contributed by atoms with van der Waals surface area (Å²) < 4.78 is 14.6. The molecule has 21 heavy (non-hydrogen) atoms. The Morgan fingerprint density at radius 2 is 2.19 bits per heavy atom. The van der Waals surface area contributed by atoms with Crippen LogP contribution < -0.4 is 5.32 Å². The van der Waals surface area contributed by atoms with Crippen molar-refractivity contribution in [2.24, 2.45) is 0 Å². The number of para-hydroxylation sites is 1. The second kappa shape index (κ2) is 5.87. The van der Waals surface area contributed by atoms with Crippen LogP contribution in [0, 0.1) is 5.82 Å². The fraction of sp³-hybridized carbons (Fsp3) is 0.143. The number of fused-ring (bicyclic) bond motifs is 1. The molecule has 2 aromatic heterocycles. The molecule has 0 aliphatic heterocycles. The van der Waals surface area contributed by atoms with E-state index in [2.05, 4.69) is 38.1 Å². The van der Waals surface area contributed by atoms with Crippen molar-refractivity contribution < 1.29 is 4.39 Å². The molecule has 0 atom stereocenters. The maximum Gasteiger partial charge on any atom is 0.225 e. The highest BCUT2D eigenvalue weighted by Crippen LogP contribution is 2.34. The van der Waals surface area contributed by atoms with E-state index < -0.39 is 0 Å². The Labute approximate surface area is 138 Å². The van der Waals surface area contributed by atoms with E-state index in [9.17, 15) is 4.39 Å². The highest BCUT2D eigenvalue weighted by Gasteiger charge is 2.14. The van der Waals surface area contributed by atoms with Crippen LogP contribution in [0.2, 0.25) is 5.28 Å². The van der Waals surface area contributed by atoms with Gasteiger partial charge in [0.1, 0.15) is 16.5 Å². The molecule has 0 saturated carbocycles. The maximum absolute atomic E-state index is 13.9. The van der Waals surface area contributed by atoms with Gasteiger partial charge in [-0.1, -0.05) is 13.0 Å². The fourth-order valence-electron chi connectivity index (χ4n) is 1.95. The molecule has 1 aromatic carbocycles. The number of aryl methyl sites for hydroxylation is 1. The molecular weight excluding hydrogens is 377 g/mol. The molecule has 3 aromatic rings. The summed E-state index contributed by atoms with van der Waals surface area (Å²) in [6.45, 7) is 2.07. The lowest BCUT2D eigenvalue weighted by molar-refractivity contribution is 0.631. The van der Waals surface area contributed by atoms with Crippen molar-refractivity contribution in [3.05, 3.63) is 44.7 Å². The van der Waals surface area contributed by atoms with E-state index in [1.165, 1.54) is 10.9 Å². The lowest BCUT2D eigenvalue weighted by Gasteiger charge is -2.09. The number of rotatable bonds is 3. The first kappa shape index (κ1) is 14.7. The first-order valence-electron chi connectivity index (χ1n) is 6.25. The average molecular weight is 387 g/mol. The Morgan fingerprint density at radius 1 is 1.38 bits per heavy atom. The van der Waals surface area contributed by atoms with Gasteiger partial charge in [-0.15, -0.1) is 11.3 Å². The third kappa shape index (κ3) is 2.88. The number of aromatic nitrogens is 2. The van der Waals surface area contributed by atoms with E-state index in [0.29, 0.717) is 16.0 Å². The first-order valence-corrected chi connectivity index (χ1v) is 8.24. The number of thiophene rings is 1. The van der Waals surface area contributed by atoms with Crippen LogP contribution in [0.5, 0.6) is 0 Å². The minimum absolute atomic E-state index is 0.141. The van der Waals surface area contributed by atoms with Gasteiger partial charge in [-0.25, -0.2) is 9.37 Å². The molecular formula is C14H10BrClFN3S. The molecule has 0 aliphatic rings. The summed E-state index contributed by atoms with van der Waals surface area (Å²) in [5.74, 6) is 0.143. The number of nitrogens with one attached hydrogen (secondary N) is 1. The molecule has 0 unspecified atom stereocenters. The fourth-order valence-corrected chi connectivity index (χ4v) is 3.58. The Balaban J connectivity index is 2.13. The smallest absolute Gasteiger partial charge is 0.225 e. The van der Waals surface area contributed by atoms with Crippen LogP contribution in [0.15, 0.2) is 28.7 Å². The Bertz CT molecular complexity index is 801. The monoisotopic (exact) mass is 385 g/mol. The Morgan fingerprint density at radius 3 is 2.90 bits per heavy atom. The van der Waals surface area contributed by atoms with Gasteiger partial charge in [0, 0.05) is 9.35 Å². The number of anilines is 2. The second-order valence-electron chi connectivity index (χ2n) is 4.35. The van der Waals surface area contributed by atoms with Crippen LogP contribution in [0.3, 0.4) is 0 Å². The Hall–Kier alpha value is -1.24. The van der Waals surface area contributed by atoms with Crippen LogP contribution >= 0.6 is 38.9 Å². The lowest BCUT2D eigenvalue weighted by atomic mass is 10.2. The molecule has 0 bridgehead atoms. The number of benzene rings is 1. The van der Waals surface area contributed by atoms with Crippen molar-refractivity contribution >= 4 is 60.6 Å². The van der Waals surface area contributed by atoms with E-state index in [-0.39, 0.29) is 11.1 Å². The zero-order chi connectivity index (χ0) is 15.0. The quantitative estimate of drug-likeness (QED) is 0.599. The summed E-state index contributed by atoms with van der Waals surface area (Å²) >= 11 is 10.9. The van der Waals surface area contributed by atoms with Gasteiger partial charge < -0.3 is 5.32 Å². The van der Waals surface area contributed by atoms with E-state index >= 15 is 0 Å². The molecule has 0 fully saturated rings. The summed E-state index contributed by atoms with van der Waals surface area (Å²) in [6, 6.07) is 6.79. The number of halogens is 3. The average Bonchev–Trinajstić information content (AvgIpc) is 2.86. The minimum Gasteiger partial charge on any atom is -0.336 e. The van der Waals surface area contributed by atoms with Gasteiger partial charge in [0.05, 0.1) is 11.1 Å². The zero-order valence-electron chi connectivity index (χ0n) is 11.0. The van der Waals surface area contributed by atoms with Gasteiger partial charge in [0.15, 0.2) is 0 Å². The van der Waals surface area contributed by atoms with Gasteiger partial charge in [0.2, 0.25) is 5.28 Å². The van der Waals surface area contributed by atoms with Crippen molar-refractivity contribution in [2.45, 2.75) is 13.3 Å². The van der Waals surface area contributed by atoms with E-state index in [4.69, 9.17) is 11.6 Å². The predicted molar refractivity (Wildman–Crippen MR) is 89.2 cm³/mol. The third-order valence-electron chi connectivity index (χ3n) is 2.97.